The molecule has 11 atom stereocenters. The standard InChI is InChI=1S/C75H111N13O12/c1-15-49(8)67(86(13)74(98)65(47(4)5)84-73(97)66(48(6)7)85(11)12)54(45-89)43-63(92)88-41-23-27-60(88)68(100-14)51(10)69(93)82-59(42-52-24-18-16-19-25-52)71(95)80-57-36-34-55(35-37-57)78-44-53-30-32-56(33-31-53)79-70(94)58(26-22-39-77-75(76)99)81-72(96)64(46(2)3)83-61(90)28-20-17-21-40-87-50(9)29-38-62(87)91/h16,18-19,24-25,29-38,45-49,51,54,58-60,64-68,78H,9,15,17,20-23,26-28,39-44H2,1-8,10-14H3,(H,79,94)(H,80,95)(H,81,96)(H,82,93)(H,83,90)(H,84,97)(H3,76,77,99)/t49-,51+,54-,58-,59-,60-,64?,65-,66?,67-,68+/m0/s1. The number of urea groups is 1. The average Bonchev–Trinajstić information content (AvgIpc) is 1.46. The van der Waals surface area contributed by atoms with Gasteiger partial charge in [0.05, 0.1) is 24.1 Å². The van der Waals surface area contributed by atoms with Crippen LogP contribution in [-0.4, -0.2) is 181 Å². The third-order valence-electron chi connectivity index (χ3n) is 18.9. The number of likely N-dealkylation sites (N-methyl/N-ethyl adjacent to an activating group) is 2. The largest absolute Gasteiger partial charge is 0.381 e. The summed E-state index contributed by atoms with van der Waals surface area (Å²) in [7, 11) is 6.76. The Labute approximate surface area is 591 Å². The molecule has 1 saturated heterocycles. The van der Waals surface area contributed by atoms with Gasteiger partial charge in [0, 0.05) is 100 Å². The average molecular weight is 1390 g/mol. The quantitative estimate of drug-likeness (QED) is 0.0206. The fraction of sp³-hybridized carbons (Fsp3) is 0.560. The number of anilines is 3. The van der Waals surface area contributed by atoms with E-state index in [-0.39, 0.29) is 85.4 Å². The molecule has 1 fully saturated rings. The number of carbonyl (C=O) groups is 11. The first-order valence-electron chi connectivity index (χ1n) is 35.2. The summed E-state index contributed by atoms with van der Waals surface area (Å²) in [5.41, 5.74) is 9.24. The highest BCUT2D eigenvalue weighted by atomic mass is 16.5. The maximum absolute atomic E-state index is 14.6. The van der Waals surface area contributed by atoms with E-state index in [0.29, 0.717) is 81.7 Å². The summed E-state index contributed by atoms with van der Waals surface area (Å²) in [6, 6.07) is 17.2. The molecule has 0 radical (unpaired) electrons. The molecule has 548 valence electrons. The zero-order chi connectivity index (χ0) is 73.9. The summed E-state index contributed by atoms with van der Waals surface area (Å²) in [6.45, 7) is 22.1. The SMILES string of the molecule is C=C1C=CC(=O)N1CCCCCC(=O)NC(C(=O)N[C@@H](CCCNC(N)=O)C(=O)Nc1ccc(CNc2ccc(NC(=O)[C@H](Cc3ccccc3)NC(=O)[C@H](C)[C@@H](OC)[C@@H]3CCCN3C(=O)C[C@@H](C=O)[C@H]([C@@H](C)CC)N(C)C(=O)[C@@H](NC(=O)C(C(C)C)N(C)C)C(C)C)cc2)cc1)C(C)C. The molecule has 3 aromatic carbocycles. The number of hydrogen-bond donors (Lipinski definition) is 9. The summed E-state index contributed by atoms with van der Waals surface area (Å²) < 4.78 is 6.07. The van der Waals surface area contributed by atoms with Crippen LogP contribution in [0.2, 0.25) is 0 Å². The molecule has 0 saturated carbocycles. The zero-order valence-corrected chi connectivity index (χ0v) is 60.9. The van der Waals surface area contributed by atoms with Crippen molar-refractivity contribution in [3.8, 4) is 0 Å². The number of aldehydes is 1. The molecule has 5 rings (SSSR count). The third kappa shape index (κ3) is 24.4. The van der Waals surface area contributed by atoms with E-state index in [2.05, 4.69) is 49.1 Å². The Morgan fingerprint density at radius 2 is 1.30 bits per heavy atom. The molecule has 0 spiro atoms. The van der Waals surface area contributed by atoms with Gasteiger partial charge in [-0.05, 0) is 130 Å². The Morgan fingerprint density at radius 3 is 1.86 bits per heavy atom. The number of nitrogens with one attached hydrogen (secondary N) is 8. The van der Waals surface area contributed by atoms with Gasteiger partial charge in [-0.25, -0.2) is 4.79 Å². The first-order chi connectivity index (χ1) is 47.5. The molecule has 11 amide bonds. The molecule has 2 heterocycles. The number of primary amides is 1. The summed E-state index contributed by atoms with van der Waals surface area (Å²) in [6.07, 6.45) is 7.34. The number of hydrogen-bond acceptors (Lipinski definition) is 14. The molecule has 100 heavy (non-hydrogen) atoms. The molecule has 0 aromatic heterocycles. The predicted octanol–water partition coefficient (Wildman–Crippen LogP) is 6.90. The number of allylic oxidation sites excluding steroid dienone is 1. The normalized spacial score (nSPS) is 16.7. The van der Waals surface area contributed by atoms with Gasteiger partial charge in [0.2, 0.25) is 47.3 Å². The zero-order valence-electron chi connectivity index (χ0n) is 60.9. The molecular weight excluding hydrogens is 1270 g/mol. The number of ether oxygens (including phenoxy) is 1. The van der Waals surface area contributed by atoms with Crippen molar-refractivity contribution < 1.29 is 57.5 Å². The highest BCUT2D eigenvalue weighted by Crippen LogP contribution is 2.31. The number of methoxy groups -OCH3 is 1. The minimum atomic E-state index is -1.03. The van der Waals surface area contributed by atoms with E-state index in [1.54, 1.807) is 80.1 Å². The predicted molar refractivity (Wildman–Crippen MR) is 387 cm³/mol. The lowest BCUT2D eigenvalue weighted by molar-refractivity contribution is -0.145. The molecule has 10 N–H and O–H groups in total. The maximum Gasteiger partial charge on any atom is 0.312 e. The van der Waals surface area contributed by atoms with Crippen LogP contribution >= 0.6 is 0 Å². The van der Waals surface area contributed by atoms with Gasteiger partial charge in [0.25, 0.3) is 5.91 Å². The van der Waals surface area contributed by atoms with E-state index < -0.39 is 89.9 Å². The Balaban J connectivity index is 1.19. The van der Waals surface area contributed by atoms with Crippen LogP contribution < -0.4 is 48.3 Å². The summed E-state index contributed by atoms with van der Waals surface area (Å²) in [4.78, 5) is 155. The van der Waals surface area contributed by atoms with E-state index in [1.165, 1.54) is 18.1 Å². The first kappa shape index (κ1) is 81.7. The van der Waals surface area contributed by atoms with Gasteiger partial charge >= 0.3 is 6.03 Å². The maximum atomic E-state index is 14.6. The number of likely N-dealkylation sites (tertiary alicyclic amines) is 1. The van der Waals surface area contributed by atoms with Gasteiger partial charge < -0.3 is 72.5 Å². The smallest absolute Gasteiger partial charge is 0.312 e. The Bertz CT molecular complexity index is 3240. The molecule has 0 bridgehead atoms. The highest BCUT2D eigenvalue weighted by molar-refractivity contribution is 5.99. The van der Waals surface area contributed by atoms with Gasteiger partial charge in [-0.2, -0.15) is 0 Å². The van der Waals surface area contributed by atoms with E-state index >= 15 is 0 Å². The van der Waals surface area contributed by atoms with Crippen molar-refractivity contribution in [3.05, 3.63) is 114 Å². The fourth-order valence-electron chi connectivity index (χ4n) is 13.1. The lowest BCUT2D eigenvalue weighted by Gasteiger charge is -2.40. The van der Waals surface area contributed by atoms with Crippen LogP contribution in [0.4, 0.5) is 21.9 Å². The number of nitrogens with zero attached hydrogens (tertiary/aromatic N) is 4. The summed E-state index contributed by atoms with van der Waals surface area (Å²) in [5, 5.41) is 23.3. The van der Waals surface area contributed by atoms with Crippen molar-refractivity contribution in [2.75, 3.05) is 63.8 Å². The minimum Gasteiger partial charge on any atom is -0.381 e. The van der Waals surface area contributed by atoms with E-state index in [4.69, 9.17) is 10.5 Å². The van der Waals surface area contributed by atoms with Crippen LogP contribution in [0.25, 0.3) is 0 Å². The fourth-order valence-corrected chi connectivity index (χ4v) is 13.1. The Hall–Kier alpha value is -8.97. The molecule has 2 unspecified atom stereocenters. The van der Waals surface area contributed by atoms with Crippen LogP contribution in [0, 0.1) is 35.5 Å². The second kappa shape index (κ2) is 40.3. The van der Waals surface area contributed by atoms with Crippen molar-refractivity contribution in [1.82, 2.24) is 46.2 Å². The Kier molecular flexibility index (Phi) is 32.9. The molecule has 2 aliphatic rings. The van der Waals surface area contributed by atoms with Crippen molar-refractivity contribution in [2.24, 2.45) is 41.2 Å². The van der Waals surface area contributed by atoms with Crippen LogP contribution in [0.5, 0.6) is 0 Å². The van der Waals surface area contributed by atoms with E-state index in [9.17, 15) is 52.7 Å². The van der Waals surface area contributed by atoms with Crippen LogP contribution in [0.1, 0.15) is 138 Å². The second-order valence-electron chi connectivity index (χ2n) is 27.8. The van der Waals surface area contributed by atoms with Crippen LogP contribution in [-0.2, 0) is 65.6 Å². The molecule has 0 aliphatic carbocycles. The minimum absolute atomic E-state index is 0.0254. The Morgan fingerprint density at radius 1 is 0.690 bits per heavy atom. The van der Waals surface area contributed by atoms with Gasteiger partial charge in [-0.1, -0.05) is 124 Å². The number of rotatable bonds is 41. The third-order valence-corrected chi connectivity index (χ3v) is 18.9. The van der Waals surface area contributed by atoms with E-state index in [0.717, 1.165) is 23.1 Å². The number of benzene rings is 3. The topological polar surface area (TPSA) is 332 Å². The van der Waals surface area contributed by atoms with Crippen LogP contribution in [0.15, 0.2) is 103 Å². The van der Waals surface area contributed by atoms with Crippen molar-refractivity contribution in [2.45, 2.75) is 188 Å². The van der Waals surface area contributed by atoms with Gasteiger partial charge in [-0.3, -0.25) is 48.1 Å². The van der Waals surface area contributed by atoms with Gasteiger partial charge in [0.1, 0.15) is 30.5 Å². The molecule has 25 heteroatoms. The highest BCUT2D eigenvalue weighted by Gasteiger charge is 2.44. The monoisotopic (exact) mass is 1390 g/mol. The van der Waals surface area contributed by atoms with Crippen LogP contribution in [0.3, 0.4) is 0 Å². The van der Waals surface area contributed by atoms with Gasteiger partial charge in [-0.15, -0.1) is 0 Å². The van der Waals surface area contributed by atoms with Crippen molar-refractivity contribution >= 4 is 82.5 Å². The molecule has 3 aromatic rings. The molecule has 2 aliphatic heterocycles. The summed E-state index contributed by atoms with van der Waals surface area (Å²) in [5.74, 6) is -5.90. The molecular formula is C75H111N13O12. The molecule has 25 nitrogen and oxygen atoms in total. The lowest BCUT2D eigenvalue weighted by Crippen LogP contribution is -2.59. The lowest BCUT2D eigenvalue weighted by atomic mass is 9.84. The van der Waals surface area contributed by atoms with Gasteiger partial charge in [0.15, 0.2) is 0 Å². The van der Waals surface area contributed by atoms with E-state index in [1.807, 2.05) is 103 Å². The number of unbranched alkanes of at least 4 members (excludes halogenated alkanes) is 2. The number of nitrogens with two attached hydrogens (primary N) is 1. The number of amides is 11. The first-order valence-corrected chi connectivity index (χ1v) is 35.2. The van der Waals surface area contributed by atoms with Crippen molar-refractivity contribution in [3.63, 3.8) is 0 Å². The van der Waals surface area contributed by atoms with Crippen molar-refractivity contribution in [1.29, 1.82) is 0 Å². The number of carbonyl (C=O) groups excluding carboxylic acids is 11. The second-order valence-corrected chi connectivity index (χ2v) is 27.8. The summed E-state index contributed by atoms with van der Waals surface area (Å²) >= 11 is 0.